The van der Waals surface area contributed by atoms with Gasteiger partial charge in [-0.3, -0.25) is 4.99 Å². The van der Waals surface area contributed by atoms with E-state index in [4.69, 9.17) is 4.52 Å². The maximum absolute atomic E-state index is 5.20. The lowest BCUT2D eigenvalue weighted by molar-refractivity contribution is 0.392. The van der Waals surface area contributed by atoms with E-state index in [1.54, 1.807) is 7.05 Å². The molecule has 0 unspecified atom stereocenters. The van der Waals surface area contributed by atoms with Crippen LogP contribution in [0.1, 0.15) is 40.1 Å². The van der Waals surface area contributed by atoms with Crippen molar-refractivity contribution in [3.05, 3.63) is 51.9 Å². The standard InChI is InChI=1S/C20H30N4O/c1-14-11-15(2)13-18(12-14)8-10-23-20(21-5)22-9-6-7-19-16(3)24-25-17(19)4/h11-13H,6-10H2,1-5H3,(H2,21,22,23). The molecular formula is C20H30N4O. The molecule has 2 rings (SSSR count). The molecule has 1 heterocycles. The van der Waals surface area contributed by atoms with Crippen molar-refractivity contribution in [1.29, 1.82) is 0 Å². The molecule has 0 aliphatic rings. The molecule has 0 fully saturated rings. The minimum atomic E-state index is 0.850. The van der Waals surface area contributed by atoms with Gasteiger partial charge in [-0.1, -0.05) is 34.5 Å². The normalized spacial score (nSPS) is 11.6. The molecule has 2 N–H and O–H groups in total. The summed E-state index contributed by atoms with van der Waals surface area (Å²) in [6.45, 7) is 9.98. The average molecular weight is 342 g/mol. The lowest BCUT2D eigenvalue weighted by atomic mass is 10.1. The van der Waals surface area contributed by atoms with E-state index in [9.17, 15) is 0 Å². The molecule has 136 valence electrons. The molecule has 0 radical (unpaired) electrons. The first-order valence-electron chi connectivity index (χ1n) is 8.93. The topological polar surface area (TPSA) is 62.5 Å². The molecule has 5 heteroatoms. The van der Waals surface area contributed by atoms with Gasteiger partial charge in [0, 0.05) is 25.7 Å². The fourth-order valence-electron chi connectivity index (χ4n) is 3.09. The minimum Gasteiger partial charge on any atom is -0.361 e. The third-order valence-electron chi connectivity index (χ3n) is 4.29. The van der Waals surface area contributed by atoms with Crippen LogP contribution in [-0.4, -0.2) is 31.3 Å². The van der Waals surface area contributed by atoms with Gasteiger partial charge in [-0.2, -0.15) is 0 Å². The molecule has 0 amide bonds. The van der Waals surface area contributed by atoms with E-state index in [1.165, 1.54) is 22.3 Å². The van der Waals surface area contributed by atoms with Crippen molar-refractivity contribution in [1.82, 2.24) is 15.8 Å². The summed E-state index contributed by atoms with van der Waals surface area (Å²) >= 11 is 0. The number of aryl methyl sites for hydroxylation is 4. The Morgan fingerprint density at radius 1 is 1.00 bits per heavy atom. The maximum atomic E-state index is 5.20. The molecular weight excluding hydrogens is 312 g/mol. The Bertz CT molecular complexity index is 679. The van der Waals surface area contributed by atoms with E-state index in [0.717, 1.165) is 49.8 Å². The molecule has 0 saturated carbocycles. The van der Waals surface area contributed by atoms with Crippen LogP contribution < -0.4 is 10.6 Å². The molecule has 1 aromatic carbocycles. The van der Waals surface area contributed by atoms with Gasteiger partial charge in [-0.15, -0.1) is 0 Å². The Balaban J connectivity index is 1.70. The number of benzene rings is 1. The van der Waals surface area contributed by atoms with Crippen LogP contribution in [0, 0.1) is 27.7 Å². The van der Waals surface area contributed by atoms with E-state index in [0.29, 0.717) is 0 Å². The van der Waals surface area contributed by atoms with Gasteiger partial charge < -0.3 is 15.2 Å². The lowest BCUT2D eigenvalue weighted by Crippen LogP contribution is -2.38. The predicted molar refractivity (Wildman–Crippen MR) is 103 cm³/mol. The first kappa shape index (κ1) is 19.0. The molecule has 1 aromatic heterocycles. The van der Waals surface area contributed by atoms with Gasteiger partial charge in [0.2, 0.25) is 0 Å². The van der Waals surface area contributed by atoms with Gasteiger partial charge in [0.05, 0.1) is 5.69 Å². The second-order valence-corrected chi connectivity index (χ2v) is 6.58. The minimum absolute atomic E-state index is 0.850. The Hall–Kier alpha value is -2.30. The van der Waals surface area contributed by atoms with Crippen molar-refractivity contribution in [3.8, 4) is 0 Å². The van der Waals surface area contributed by atoms with Crippen LogP contribution in [0.15, 0.2) is 27.7 Å². The number of nitrogens with zero attached hydrogens (tertiary/aromatic N) is 2. The Morgan fingerprint density at radius 3 is 2.28 bits per heavy atom. The van der Waals surface area contributed by atoms with Gasteiger partial charge in [0.25, 0.3) is 0 Å². The first-order chi connectivity index (χ1) is 12.0. The summed E-state index contributed by atoms with van der Waals surface area (Å²) in [5.41, 5.74) is 6.21. The van der Waals surface area contributed by atoms with Crippen molar-refractivity contribution >= 4 is 5.96 Å². The number of hydrogen-bond donors (Lipinski definition) is 2. The largest absolute Gasteiger partial charge is 0.361 e. The fraction of sp³-hybridized carbons (Fsp3) is 0.500. The van der Waals surface area contributed by atoms with Crippen LogP contribution in [0.4, 0.5) is 0 Å². The summed E-state index contributed by atoms with van der Waals surface area (Å²) in [7, 11) is 1.81. The summed E-state index contributed by atoms with van der Waals surface area (Å²) in [5, 5.41) is 10.7. The molecule has 0 spiro atoms. The van der Waals surface area contributed by atoms with Gasteiger partial charge in [0.15, 0.2) is 5.96 Å². The second-order valence-electron chi connectivity index (χ2n) is 6.58. The van der Waals surface area contributed by atoms with E-state index in [-0.39, 0.29) is 0 Å². The molecule has 25 heavy (non-hydrogen) atoms. The number of rotatable bonds is 7. The average Bonchev–Trinajstić information content (AvgIpc) is 2.87. The number of guanidine groups is 1. The van der Waals surface area contributed by atoms with Gasteiger partial charge >= 0.3 is 0 Å². The number of aliphatic imine (C=N–C) groups is 1. The van der Waals surface area contributed by atoms with Crippen LogP contribution in [0.3, 0.4) is 0 Å². The zero-order chi connectivity index (χ0) is 18.2. The van der Waals surface area contributed by atoms with Gasteiger partial charge in [-0.25, -0.2) is 0 Å². The highest BCUT2D eigenvalue weighted by atomic mass is 16.5. The monoisotopic (exact) mass is 342 g/mol. The molecule has 5 nitrogen and oxygen atoms in total. The SMILES string of the molecule is CN=C(NCCCc1c(C)noc1C)NCCc1cc(C)cc(C)c1. The van der Waals surface area contributed by atoms with Crippen LogP contribution in [-0.2, 0) is 12.8 Å². The summed E-state index contributed by atoms with van der Waals surface area (Å²) in [4.78, 5) is 4.29. The van der Waals surface area contributed by atoms with E-state index in [1.807, 2.05) is 13.8 Å². The molecule has 0 saturated heterocycles. The smallest absolute Gasteiger partial charge is 0.190 e. The Labute approximate surface area is 150 Å². The molecule has 0 bridgehead atoms. The first-order valence-corrected chi connectivity index (χ1v) is 8.93. The van der Waals surface area contributed by atoms with E-state index >= 15 is 0 Å². The van der Waals surface area contributed by atoms with E-state index < -0.39 is 0 Å². The lowest BCUT2D eigenvalue weighted by Gasteiger charge is -2.12. The van der Waals surface area contributed by atoms with Crippen LogP contribution in [0.2, 0.25) is 0 Å². The third-order valence-corrected chi connectivity index (χ3v) is 4.29. The van der Waals surface area contributed by atoms with Crippen molar-refractivity contribution in [2.75, 3.05) is 20.1 Å². The third kappa shape index (κ3) is 5.93. The summed E-state index contributed by atoms with van der Waals surface area (Å²) in [5.74, 6) is 1.77. The van der Waals surface area contributed by atoms with E-state index in [2.05, 4.69) is 52.8 Å². The van der Waals surface area contributed by atoms with Crippen molar-refractivity contribution in [3.63, 3.8) is 0 Å². The summed E-state index contributed by atoms with van der Waals surface area (Å²) in [6, 6.07) is 6.69. The van der Waals surface area contributed by atoms with Crippen LogP contribution in [0.25, 0.3) is 0 Å². The molecule has 0 aliphatic heterocycles. The van der Waals surface area contributed by atoms with Crippen molar-refractivity contribution in [2.24, 2.45) is 4.99 Å². The van der Waals surface area contributed by atoms with Gasteiger partial charge in [-0.05, 0) is 52.5 Å². The molecule has 0 aliphatic carbocycles. The molecule has 0 atom stereocenters. The zero-order valence-electron chi connectivity index (χ0n) is 16.1. The number of hydrogen-bond acceptors (Lipinski definition) is 3. The number of nitrogens with one attached hydrogen (secondary N) is 2. The highest BCUT2D eigenvalue weighted by Gasteiger charge is 2.08. The van der Waals surface area contributed by atoms with Crippen LogP contribution in [0.5, 0.6) is 0 Å². The van der Waals surface area contributed by atoms with Crippen molar-refractivity contribution < 1.29 is 4.52 Å². The highest BCUT2D eigenvalue weighted by Crippen LogP contribution is 2.13. The maximum Gasteiger partial charge on any atom is 0.190 e. The Kier molecular flexibility index (Phi) is 7.04. The number of aromatic nitrogens is 1. The second kappa shape index (κ2) is 9.25. The zero-order valence-corrected chi connectivity index (χ0v) is 16.1. The molecule has 2 aromatic rings. The predicted octanol–water partition coefficient (Wildman–Crippen LogP) is 3.25. The summed E-state index contributed by atoms with van der Waals surface area (Å²) in [6.07, 6.45) is 2.97. The fourth-order valence-corrected chi connectivity index (χ4v) is 3.09. The van der Waals surface area contributed by atoms with Crippen LogP contribution >= 0.6 is 0 Å². The van der Waals surface area contributed by atoms with Gasteiger partial charge in [0.1, 0.15) is 5.76 Å². The quantitative estimate of drug-likeness (QED) is 0.461. The van der Waals surface area contributed by atoms with Crippen molar-refractivity contribution in [2.45, 2.75) is 47.0 Å². The summed E-state index contributed by atoms with van der Waals surface area (Å²) < 4.78 is 5.20. The Morgan fingerprint density at radius 2 is 1.68 bits per heavy atom. The highest BCUT2D eigenvalue weighted by molar-refractivity contribution is 5.79.